The average Bonchev–Trinajstić information content (AvgIpc) is 1.97. The minimum Gasteiger partial charge on any atom is -0.500 e. The van der Waals surface area contributed by atoms with Crippen LogP contribution in [0.15, 0.2) is 11.8 Å². The van der Waals surface area contributed by atoms with E-state index in [4.69, 9.17) is 16.3 Å². The molecule has 0 aromatic carbocycles. The van der Waals surface area contributed by atoms with Gasteiger partial charge < -0.3 is 4.74 Å². The van der Waals surface area contributed by atoms with E-state index in [0.717, 1.165) is 13.0 Å². The van der Waals surface area contributed by atoms with Crippen LogP contribution in [0, 0.1) is 0 Å². The maximum absolute atomic E-state index is 5.24. The van der Waals surface area contributed by atoms with E-state index in [-0.39, 0.29) is 0 Å². The molecule has 0 aliphatic heterocycles. The van der Waals surface area contributed by atoms with Gasteiger partial charge in [0.05, 0.1) is 12.9 Å². The molecule has 0 aliphatic carbocycles. The number of halogens is 1. The van der Waals surface area contributed by atoms with Crippen molar-refractivity contribution >= 4 is 11.6 Å². The van der Waals surface area contributed by atoms with Crippen LogP contribution in [-0.4, -0.2) is 6.61 Å². The number of unbranched alkanes of at least 4 members (excludes halogenated alkanes) is 3. The van der Waals surface area contributed by atoms with E-state index in [1.54, 1.807) is 0 Å². The van der Waals surface area contributed by atoms with Crippen LogP contribution in [-0.2, 0) is 4.74 Å². The number of hydrogen-bond acceptors (Lipinski definition) is 1. The fraction of sp³-hybridized carbons (Fsp3) is 0.750. The molecule has 0 atom stereocenters. The molecule has 0 spiro atoms. The lowest BCUT2D eigenvalue weighted by molar-refractivity contribution is 0.241. The molecule has 0 rings (SSSR count). The minimum absolute atomic E-state index is 0.795. The molecule has 0 bridgehead atoms. The van der Waals surface area contributed by atoms with E-state index in [2.05, 4.69) is 6.92 Å². The summed E-state index contributed by atoms with van der Waals surface area (Å²) >= 11 is 5.24. The summed E-state index contributed by atoms with van der Waals surface area (Å²) in [6.07, 6.45) is 6.48. The lowest BCUT2D eigenvalue weighted by Crippen LogP contribution is -1.86. The highest BCUT2D eigenvalue weighted by atomic mass is 35.5. The summed E-state index contributed by atoms with van der Waals surface area (Å²) in [5.41, 5.74) is 1.39. The highest BCUT2D eigenvalue weighted by Gasteiger charge is 1.84. The maximum atomic E-state index is 5.24. The molecule has 0 aliphatic rings. The molecule has 60 valence electrons. The smallest absolute Gasteiger partial charge is 0.0941 e. The largest absolute Gasteiger partial charge is 0.500 e. The molecule has 0 N–H and O–H groups in total. The highest BCUT2D eigenvalue weighted by molar-refractivity contribution is 6.25. The second-order valence-electron chi connectivity index (χ2n) is 2.19. The molecular formula is C8H15ClO. The lowest BCUT2D eigenvalue weighted by atomic mass is 10.2. The molecule has 0 unspecified atom stereocenters. The van der Waals surface area contributed by atoms with Crippen LogP contribution >= 0.6 is 11.6 Å². The van der Waals surface area contributed by atoms with Gasteiger partial charge in [0.25, 0.3) is 0 Å². The van der Waals surface area contributed by atoms with Gasteiger partial charge in [0.1, 0.15) is 0 Å². The normalized spacial score (nSPS) is 10.6. The van der Waals surface area contributed by atoms with Crippen molar-refractivity contribution < 1.29 is 4.74 Å². The van der Waals surface area contributed by atoms with E-state index in [1.807, 2.05) is 0 Å². The zero-order chi connectivity index (χ0) is 7.66. The van der Waals surface area contributed by atoms with Crippen molar-refractivity contribution in [1.82, 2.24) is 0 Å². The molecule has 0 aromatic heterocycles. The molecule has 0 aromatic rings. The van der Waals surface area contributed by atoms with Crippen molar-refractivity contribution in [3.8, 4) is 0 Å². The van der Waals surface area contributed by atoms with Crippen LogP contribution in [0.1, 0.15) is 32.6 Å². The Kier molecular flexibility index (Phi) is 8.68. The first-order valence-corrected chi connectivity index (χ1v) is 4.22. The lowest BCUT2D eigenvalue weighted by Gasteiger charge is -1.98. The summed E-state index contributed by atoms with van der Waals surface area (Å²) < 4.78 is 5.02. The van der Waals surface area contributed by atoms with Crippen LogP contribution in [0.2, 0.25) is 0 Å². The predicted molar refractivity (Wildman–Crippen MR) is 45.1 cm³/mol. The summed E-state index contributed by atoms with van der Waals surface area (Å²) in [5, 5.41) is 0. The molecule has 2 heteroatoms. The Balaban J connectivity index is 2.77. The van der Waals surface area contributed by atoms with Crippen molar-refractivity contribution in [2.24, 2.45) is 0 Å². The Labute approximate surface area is 68.0 Å². The SMILES string of the molecule is CCCCCCO/C=C\Cl. The van der Waals surface area contributed by atoms with Gasteiger partial charge in [-0.1, -0.05) is 37.8 Å². The second-order valence-corrected chi connectivity index (χ2v) is 2.45. The van der Waals surface area contributed by atoms with Gasteiger partial charge in [0, 0.05) is 5.54 Å². The summed E-state index contributed by atoms with van der Waals surface area (Å²) in [6.45, 7) is 2.99. The Morgan fingerprint density at radius 2 is 2.10 bits per heavy atom. The van der Waals surface area contributed by atoms with E-state index >= 15 is 0 Å². The van der Waals surface area contributed by atoms with Crippen molar-refractivity contribution in [2.75, 3.05) is 6.61 Å². The molecule has 1 nitrogen and oxygen atoms in total. The van der Waals surface area contributed by atoms with Gasteiger partial charge >= 0.3 is 0 Å². The van der Waals surface area contributed by atoms with Gasteiger partial charge in [-0.25, -0.2) is 0 Å². The van der Waals surface area contributed by atoms with Crippen molar-refractivity contribution in [3.63, 3.8) is 0 Å². The minimum atomic E-state index is 0.795. The molecule has 0 fully saturated rings. The van der Waals surface area contributed by atoms with Crippen molar-refractivity contribution in [1.29, 1.82) is 0 Å². The van der Waals surface area contributed by atoms with Crippen LogP contribution in [0.3, 0.4) is 0 Å². The van der Waals surface area contributed by atoms with Crippen LogP contribution in [0.4, 0.5) is 0 Å². The van der Waals surface area contributed by atoms with Gasteiger partial charge in [0.2, 0.25) is 0 Å². The van der Waals surface area contributed by atoms with E-state index in [9.17, 15) is 0 Å². The predicted octanol–water partition coefficient (Wildman–Crippen LogP) is 3.29. The molecule has 0 radical (unpaired) electrons. The molecule has 0 saturated heterocycles. The number of hydrogen-bond donors (Lipinski definition) is 0. The standard InChI is InChI=1S/C8H15ClO/c1-2-3-4-5-7-10-8-6-9/h6,8H,2-5,7H2,1H3/b8-6-. The summed E-state index contributed by atoms with van der Waals surface area (Å²) in [5.74, 6) is 0. The van der Waals surface area contributed by atoms with Crippen LogP contribution in [0.5, 0.6) is 0 Å². The van der Waals surface area contributed by atoms with Gasteiger partial charge in [-0.15, -0.1) is 0 Å². The maximum Gasteiger partial charge on any atom is 0.0941 e. The van der Waals surface area contributed by atoms with Crippen molar-refractivity contribution in [3.05, 3.63) is 11.8 Å². The van der Waals surface area contributed by atoms with Gasteiger partial charge in [-0.05, 0) is 6.42 Å². The first-order valence-electron chi connectivity index (χ1n) is 3.78. The molecule has 0 amide bonds. The quantitative estimate of drug-likeness (QED) is 0.430. The Hall–Kier alpha value is -0.170. The van der Waals surface area contributed by atoms with Gasteiger partial charge in [-0.2, -0.15) is 0 Å². The van der Waals surface area contributed by atoms with E-state index in [1.165, 1.54) is 31.1 Å². The third-order valence-electron chi connectivity index (χ3n) is 1.26. The van der Waals surface area contributed by atoms with E-state index in [0.29, 0.717) is 0 Å². The second kappa shape index (κ2) is 8.83. The summed E-state index contributed by atoms with van der Waals surface area (Å²) in [7, 11) is 0. The highest BCUT2D eigenvalue weighted by Crippen LogP contribution is 1.98. The fourth-order valence-electron chi connectivity index (χ4n) is 0.717. The molecular weight excluding hydrogens is 148 g/mol. The first kappa shape index (κ1) is 9.83. The van der Waals surface area contributed by atoms with Crippen molar-refractivity contribution in [2.45, 2.75) is 32.6 Å². The summed E-state index contributed by atoms with van der Waals surface area (Å²) in [4.78, 5) is 0. The number of ether oxygens (including phenoxy) is 1. The monoisotopic (exact) mass is 162 g/mol. The van der Waals surface area contributed by atoms with Crippen LogP contribution < -0.4 is 0 Å². The third kappa shape index (κ3) is 7.83. The zero-order valence-corrected chi connectivity index (χ0v) is 7.23. The number of rotatable bonds is 6. The molecule has 0 heterocycles. The topological polar surface area (TPSA) is 9.23 Å². The Bertz CT molecular complexity index is 81.3. The molecule has 10 heavy (non-hydrogen) atoms. The fourth-order valence-corrected chi connectivity index (χ4v) is 0.789. The van der Waals surface area contributed by atoms with E-state index < -0.39 is 0 Å². The van der Waals surface area contributed by atoms with Crippen LogP contribution in [0.25, 0.3) is 0 Å². The molecule has 0 saturated carbocycles. The van der Waals surface area contributed by atoms with Gasteiger partial charge in [0.15, 0.2) is 0 Å². The average molecular weight is 163 g/mol. The third-order valence-corrected chi connectivity index (χ3v) is 1.37. The first-order chi connectivity index (χ1) is 4.91. The Morgan fingerprint density at radius 3 is 2.70 bits per heavy atom. The Morgan fingerprint density at radius 1 is 1.30 bits per heavy atom. The zero-order valence-electron chi connectivity index (χ0n) is 6.48. The summed E-state index contributed by atoms with van der Waals surface area (Å²) in [6, 6.07) is 0. The van der Waals surface area contributed by atoms with Gasteiger partial charge in [-0.3, -0.25) is 0 Å².